The van der Waals surface area contributed by atoms with Gasteiger partial charge in [0.25, 0.3) is 10.2 Å². The lowest BCUT2D eigenvalue weighted by molar-refractivity contribution is 0.528. The predicted molar refractivity (Wildman–Crippen MR) is 60.8 cm³/mol. The average Bonchev–Trinajstić information content (AvgIpc) is 2.53. The molecule has 1 rings (SSSR count). The Morgan fingerprint density at radius 3 is 2.73 bits per heavy atom. The van der Waals surface area contributed by atoms with E-state index in [0.717, 1.165) is 19.4 Å². The quantitative estimate of drug-likeness (QED) is 0.605. The molecule has 1 saturated heterocycles. The molecule has 0 radical (unpaired) electrons. The SMILES string of the molecule is CC(C)NS(=O)(=O)NCCC1CCCN1. The Bertz CT molecular complexity index is 271. The van der Waals surface area contributed by atoms with Gasteiger partial charge in [-0.2, -0.15) is 13.1 Å². The molecule has 90 valence electrons. The lowest BCUT2D eigenvalue weighted by Gasteiger charge is -2.13. The van der Waals surface area contributed by atoms with Crippen molar-refractivity contribution in [2.45, 2.75) is 45.2 Å². The van der Waals surface area contributed by atoms with Crippen LogP contribution in [0.25, 0.3) is 0 Å². The summed E-state index contributed by atoms with van der Waals surface area (Å²) in [5.41, 5.74) is 0. The number of nitrogens with one attached hydrogen (secondary N) is 3. The Morgan fingerprint density at radius 2 is 2.20 bits per heavy atom. The molecule has 6 heteroatoms. The van der Waals surface area contributed by atoms with Crippen molar-refractivity contribution in [2.75, 3.05) is 13.1 Å². The molecule has 1 heterocycles. The van der Waals surface area contributed by atoms with E-state index in [9.17, 15) is 8.42 Å². The van der Waals surface area contributed by atoms with Crippen LogP contribution < -0.4 is 14.8 Å². The minimum atomic E-state index is -3.30. The maximum Gasteiger partial charge on any atom is 0.277 e. The van der Waals surface area contributed by atoms with Crippen molar-refractivity contribution in [3.8, 4) is 0 Å². The third-order valence-corrected chi connectivity index (χ3v) is 3.70. The van der Waals surface area contributed by atoms with Crippen LogP contribution in [0.4, 0.5) is 0 Å². The van der Waals surface area contributed by atoms with Crippen LogP contribution in [0.15, 0.2) is 0 Å². The lowest BCUT2D eigenvalue weighted by Crippen LogP contribution is -2.41. The summed E-state index contributed by atoms with van der Waals surface area (Å²) in [6, 6.07) is 0.416. The molecule has 0 aliphatic carbocycles. The molecule has 0 amide bonds. The Morgan fingerprint density at radius 1 is 1.47 bits per heavy atom. The molecule has 1 atom stereocenters. The van der Waals surface area contributed by atoms with E-state index in [1.54, 1.807) is 13.8 Å². The molecule has 0 aromatic heterocycles. The third-order valence-electron chi connectivity index (χ3n) is 2.34. The summed E-state index contributed by atoms with van der Waals surface area (Å²) in [6.45, 7) is 5.16. The smallest absolute Gasteiger partial charge is 0.277 e. The second kappa shape index (κ2) is 5.79. The summed E-state index contributed by atoms with van der Waals surface area (Å²) in [4.78, 5) is 0. The number of hydrogen-bond acceptors (Lipinski definition) is 3. The van der Waals surface area contributed by atoms with Crippen LogP contribution in [0.5, 0.6) is 0 Å². The molecule has 1 fully saturated rings. The van der Waals surface area contributed by atoms with Gasteiger partial charge in [0.15, 0.2) is 0 Å². The summed E-state index contributed by atoms with van der Waals surface area (Å²) in [5, 5.41) is 3.33. The van der Waals surface area contributed by atoms with Crippen LogP contribution in [0.2, 0.25) is 0 Å². The van der Waals surface area contributed by atoms with Crippen LogP contribution in [-0.4, -0.2) is 33.6 Å². The summed E-state index contributed by atoms with van der Waals surface area (Å²) in [7, 11) is -3.30. The molecule has 1 aliphatic heterocycles. The molecular weight excluding hydrogens is 214 g/mol. The molecule has 0 aromatic carbocycles. The maximum absolute atomic E-state index is 11.4. The zero-order chi connectivity index (χ0) is 11.3. The first kappa shape index (κ1) is 12.9. The number of hydrogen-bond donors (Lipinski definition) is 3. The Kier molecular flexibility index (Phi) is 4.98. The molecule has 15 heavy (non-hydrogen) atoms. The van der Waals surface area contributed by atoms with E-state index in [1.165, 1.54) is 6.42 Å². The standard InChI is InChI=1S/C9H21N3O2S/c1-8(2)12-15(13,14)11-7-5-9-4-3-6-10-9/h8-12H,3-7H2,1-2H3. The van der Waals surface area contributed by atoms with E-state index < -0.39 is 10.2 Å². The Hall–Kier alpha value is -0.170. The highest BCUT2D eigenvalue weighted by Gasteiger charge is 2.15. The van der Waals surface area contributed by atoms with E-state index in [1.807, 2.05) is 0 Å². The highest BCUT2D eigenvalue weighted by Crippen LogP contribution is 2.07. The summed E-state index contributed by atoms with van der Waals surface area (Å²) in [5.74, 6) is 0. The molecule has 3 N–H and O–H groups in total. The van der Waals surface area contributed by atoms with Crippen molar-refractivity contribution in [3.63, 3.8) is 0 Å². The van der Waals surface area contributed by atoms with Crippen LogP contribution in [0.1, 0.15) is 33.1 Å². The first-order valence-corrected chi connectivity index (χ1v) is 6.98. The van der Waals surface area contributed by atoms with Gasteiger partial charge in [-0.25, -0.2) is 4.72 Å². The fourth-order valence-corrected chi connectivity index (χ4v) is 2.81. The Balaban J connectivity index is 2.18. The van der Waals surface area contributed by atoms with Crippen molar-refractivity contribution in [3.05, 3.63) is 0 Å². The summed E-state index contributed by atoms with van der Waals surface area (Å²) >= 11 is 0. The van der Waals surface area contributed by atoms with E-state index in [2.05, 4.69) is 14.8 Å². The fourth-order valence-electron chi connectivity index (χ4n) is 1.72. The van der Waals surface area contributed by atoms with E-state index in [4.69, 9.17) is 0 Å². The van der Waals surface area contributed by atoms with Crippen molar-refractivity contribution < 1.29 is 8.42 Å². The zero-order valence-electron chi connectivity index (χ0n) is 9.41. The van der Waals surface area contributed by atoms with Gasteiger partial charge in [0.1, 0.15) is 0 Å². The molecule has 5 nitrogen and oxygen atoms in total. The second-order valence-electron chi connectivity index (χ2n) is 4.25. The average molecular weight is 235 g/mol. The van der Waals surface area contributed by atoms with Gasteiger partial charge >= 0.3 is 0 Å². The topological polar surface area (TPSA) is 70.2 Å². The minimum absolute atomic E-state index is 0.0629. The van der Waals surface area contributed by atoms with Gasteiger partial charge in [-0.15, -0.1) is 0 Å². The van der Waals surface area contributed by atoms with Crippen molar-refractivity contribution in [1.82, 2.24) is 14.8 Å². The Labute approximate surface area is 92.2 Å². The van der Waals surface area contributed by atoms with E-state index in [-0.39, 0.29) is 6.04 Å². The number of rotatable bonds is 6. The van der Waals surface area contributed by atoms with Gasteiger partial charge in [0.05, 0.1) is 0 Å². The molecular formula is C9H21N3O2S. The monoisotopic (exact) mass is 235 g/mol. The van der Waals surface area contributed by atoms with Gasteiger partial charge in [-0.3, -0.25) is 0 Å². The third kappa shape index (κ3) is 5.46. The molecule has 1 unspecified atom stereocenters. The van der Waals surface area contributed by atoms with Crippen LogP contribution in [0, 0.1) is 0 Å². The molecule has 1 aliphatic rings. The normalized spacial score (nSPS) is 22.5. The first-order valence-electron chi connectivity index (χ1n) is 5.50. The highest BCUT2D eigenvalue weighted by atomic mass is 32.2. The van der Waals surface area contributed by atoms with E-state index >= 15 is 0 Å². The zero-order valence-corrected chi connectivity index (χ0v) is 10.2. The highest BCUT2D eigenvalue weighted by molar-refractivity contribution is 7.87. The predicted octanol–water partition coefficient (Wildman–Crippen LogP) is -0.0391. The maximum atomic E-state index is 11.4. The van der Waals surface area contributed by atoms with Crippen molar-refractivity contribution >= 4 is 10.2 Å². The van der Waals surface area contributed by atoms with Crippen LogP contribution >= 0.6 is 0 Å². The van der Waals surface area contributed by atoms with Gasteiger partial charge in [0, 0.05) is 18.6 Å². The molecule has 0 saturated carbocycles. The lowest BCUT2D eigenvalue weighted by atomic mass is 10.2. The first-order chi connectivity index (χ1) is 6.99. The van der Waals surface area contributed by atoms with Crippen LogP contribution in [-0.2, 0) is 10.2 Å². The summed E-state index contributed by atoms with van der Waals surface area (Å²) < 4.78 is 27.8. The van der Waals surface area contributed by atoms with Gasteiger partial charge in [0.2, 0.25) is 0 Å². The minimum Gasteiger partial charge on any atom is -0.314 e. The van der Waals surface area contributed by atoms with Crippen molar-refractivity contribution in [1.29, 1.82) is 0 Å². The largest absolute Gasteiger partial charge is 0.314 e. The van der Waals surface area contributed by atoms with Gasteiger partial charge in [-0.05, 0) is 39.7 Å². The second-order valence-corrected chi connectivity index (χ2v) is 5.78. The van der Waals surface area contributed by atoms with E-state index in [0.29, 0.717) is 12.6 Å². The molecule has 0 bridgehead atoms. The van der Waals surface area contributed by atoms with Gasteiger partial charge < -0.3 is 5.32 Å². The molecule has 0 spiro atoms. The molecule has 0 aromatic rings. The summed E-state index contributed by atoms with van der Waals surface area (Å²) in [6.07, 6.45) is 3.21. The van der Waals surface area contributed by atoms with Gasteiger partial charge in [-0.1, -0.05) is 0 Å². The van der Waals surface area contributed by atoms with Crippen molar-refractivity contribution in [2.24, 2.45) is 0 Å². The fraction of sp³-hybridized carbons (Fsp3) is 1.00. The van der Waals surface area contributed by atoms with Crippen LogP contribution in [0.3, 0.4) is 0 Å².